The molecule has 2 aliphatic heterocycles. The van der Waals surface area contributed by atoms with Gasteiger partial charge in [0.05, 0.1) is 34.2 Å². The Hall–Kier alpha value is -3.98. The standard InChI is InChI=1S/C36H41ClN6O4/c1-23-28(5-4-6-34(23)43-25(3)32(24(2)40-43)20-42-10-8-31(45)19-42)22-47-36-13-35(46-21-27-11-26(14-38)15-39-16-27)29(12-33(36)37)17-41-9-7-30(44)18-41/h4-6,11-13,15-16,30-31,44-45H,7-10,17-22H2,1-3H3. The van der Waals surface area contributed by atoms with Crippen molar-refractivity contribution in [2.24, 2.45) is 0 Å². The normalized spacial score (nSPS) is 18.5. The first-order valence-electron chi connectivity index (χ1n) is 16.0. The SMILES string of the molecule is Cc1nn(-c2cccc(COc3cc(OCc4cncc(C#N)c4)c(CN4CCC(O)C4)cc3Cl)c2C)c(C)c1CN1CCC(O)C1. The predicted octanol–water partition coefficient (Wildman–Crippen LogP) is 5.01. The molecule has 2 aliphatic rings. The number of halogens is 1. The number of nitrogens with zero attached hydrogens (tertiary/aromatic N) is 6. The smallest absolute Gasteiger partial charge is 0.142 e. The fourth-order valence-corrected chi connectivity index (χ4v) is 6.70. The van der Waals surface area contributed by atoms with Gasteiger partial charge in [0.25, 0.3) is 0 Å². The van der Waals surface area contributed by atoms with Gasteiger partial charge in [-0.1, -0.05) is 23.7 Å². The van der Waals surface area contributed by atoms with Crippen molar-refractivity contribution in [1.29, 1.82) is 5.26 Å². The largest absolute Gasteiger partial charge is 0.488 e. The topological polar surface area (TPSA) is 120 Å². The zero-order valence-corrected chi connectivity index (χ0v) is 27.9. The van der Waals surface area contributed by atoms with Gasteiger partial charge in [-0.2, -0.15) is 10.4 Å². The number of pyridine rings is 1. The summed E-state index contributed by atoms with van der Waals surface area (Å²) in [6.45, 7) is 11.1. The molecule has 0 radical (unpaired) electrons. The van der Waals surface area contributed by atoms with E-state index in [0.29, 0.717) is 48.3 Å². The number of aryl methyl sites for hydroxylation is 1. The number of hydrogen-bond acceptors (Lipinski definition) is 9. The minimum atomic E-state index is -0.337. The minimum Gasteiger partial charge on any atom is -0.488 e. The van der Waals surface area contributed by atoms with E-state index >= 15 is 0 Å². The molecule has 0 spiro atoms. The van der Waals surface area contributed by atoms with Crippen LogP contribution >= 0.6 is 11.6 Å². The van der Waals surface area contributed by atoms with Gasteiger partial charge < -0.3 is 19.7 Å². The average molecular weight is 657 g/mol. The van der Waals surface area contributed by atoms with Crippen LogP contribution in [0.4, 0.5) is 0 Å². The van der Waals surface area contributed by atoms with Crippen molar-refractivity contribution in [2.75, 3.05) is 26.2 Å². The van der Waals surface area contributed by atoms with E-state index in [1.165, 1.54) is 11.8 Å². The van der Waals surface area contributed by atoms with E-state index in [4.69, 9.17) is 26.2 Å². The minimum absolute atomic E-state index is 0.226. The lowest BCUT2D eigenvalue weighted by atomic mass is 10.1. The number of nitriles is 1. The second-order valence-corrected chi connectivity index (χ2v) is 13.0. The Labute approximate surface area is 280 Å². The van der Waals surface area contributed by atoms with Gasteiger partial charge in [-0.3, -0.25) is 14.8 Å². The molecule has 2 atom stereocenters. The van der Waals surface area contributed by atoms with Gasteiger partial charge in [0.2, 0.25) is 0 Å². The average Bonchev–Trinajstić information content (AvgIpc) is 3.75. The number of benzene rings is 2. The molecule has 246 valence electrons. The van der Waals surface area contributed by atoms with Crippen LogP contribution in [0.2, 0.25) is 5.02 Å². The van der Waals surface area contributed by atoms with Crippen molar-refractivity contribution >= 4 is 11.6 Å². The summed E-state index contributed by atoms with van der Waals surface area (Å²) >= 11 is 6.80. The first-order chi connectivity index (χ1) is 22.7. The maximum Gasteiger partial charge on any atom is 0.142 e. The van der Waals surface area contributed by atoms with Crippen LogP contribution in [0.5, 0.6) is 11.5 Å². The molecule has 0 aliphatic carbocycles. The summed E-state index contributed by atoms with van der Waals surface area (Å²) in [6, 6.07) is 13.7. The molecule has 2 aromatic carbocycles. The number of aliphatic hydroxyl groups excluding tert-OH is 2. The van der Waals surface area contributed by atoms with Crippen molar-refractivity contribution in [3.05, 3.63) is 98.6 Å². The van der Waals surface area contributed by atoms with Crippen LogP contribution in [-0.2, 0) is 26.3 Å². The van der Waals surface area contributed by atoms with Gasteiger partial charge in [0.1, 0.15) is 30.8 Å². The Morgan fingerprint density at radius 1 is 0.915 bits per heavy atom. The molecule has 4 heterocycles. The Bertz CT molecular complexity index is 1790. The molecular weight excluding hydrogens is 616 g/mol. The molecule has 0 bridgehead atoms. The van der Waals surface area contributed by atoms with Gasteiger partial charge in [0, 0.05) is 80.1 Å². The van der Waals surface area contributed by atoms with E-state index in [1.807, 2.05) is 35.9 Å². The molecule has 0 amide bonds. The van der Waals surface area contributed by atoms with Crippen LogP contribution < -0.4 is 9.47 Å². The molecule has 10 nitrogen and oxygen atoms in total. The summed E-state index contributed by atoms with van der Waals surface area (Å²) in [6.07, 6.45) is 4.16. The van der Waals surface area contributed by atoms with Crippen molar-refractivity contribution in [1.82, 2.24) is 24.6 Å². The first-order valence-corrected chi connectivity index (χ1v) is 16.4. The van der Waals surface area contributed by atoms with Crippen LogP contribution in [0.1, 0.15) is 57.6 Å². The summed E-state index contributed by atoms with van der Waals surface area (Å²) in [5, 5.41) is 34.7. The highest BCUT2D eigenvalue weighted by molar-refractivity contribution is 6.32. The molecule has 0 saturated carbocycles. The maximum absolute atomic E-state index is 10.1. The van der Waals surface area contributed by atoms with Gasteiger partial charge >= 0.3 is 0 Å². The number of aromatic nitrogens is 3. The van der Waals surface area contributed by atoms with E-state index in [2.05, 4.69) is 40.8 Å². The second kappa shape index (κ2) is 14.4. The highest BCUT2D eigenvalue weighted by atomic mass is 35.5. The van der Waals surface area contributed by atoms with Crippen LogP contribution in [0.25, 0.3) is 5.69 Å². The summed E-state index contributed by atoms with van der Waals surface area (Å²) in [4.78, 5) is 8.61. The Morgan fingerprint density at radius 2 is 1.64 bits per heavy atom. The quantitative estimate of drug-likeness (QED) is 0.230. The van der Waals surface area contributed by atoms with Gasteiger partial charge in [-0.15, -0.1) is 0 Å². The third-order valence-corrected chi connectivity index (χ3v) is 9.47. The lowest BCUT2D eigenvalue weighted by Crippen LogP contribution is -2.22. The van der Waals surface area contributed by atoms with Crippen molar-refractivity contribution in [2.45, 2.75) is 72.1 Å². The van der Waals surface area contributed by atoms with Crippen LogP contribution in [0.3, 0.4) is 0 Å². The Kier molecular flexibility index (Phi) is 10.1. The van der Waals surface area contributed by atoms with E-state index in [1.54, 1.807) is 12.3 Å². The fourth-order valence-electron chi connectivity index (χ4n) is 6.46. The number of rotatable bonds is 11. The van der Waals surface area contributed by atoms with Crippen LogP contribution in [0, 0.1) is 32.1 Å². The van der Waals surface area contributed by atoms with E-state index in [0.717, 1.165) is 71.8 Å². The molecule has 2 aromatic heterocycles. The summed E-state index contributed by atoms with van der Waals surface area (Å²) in [7, 11) is 0. The van der Waals surface area contributed by atoms with Gasteiger partial charge in [0.15, 0.2) is 0 Å². The summed E-state index contributed by atoms with van der Waals surface area (Å²) in [5.41, 5.74) is 8.47. The van der Waals surface area contributed by atoms with E-state index in [9.17, 15) is 15.5 Å². The molecule has 47 heavy (non-hydrogen) atoms. The molecule has 2 unspecified atom stereocenters. The number of β-amino-alcohol motifs (C(OH)–C–C–N with tert-alkyl or cyclic N) is 2. The lowest BCUT2D eigenvalue weighted by Gasteiger charge is -2.20. The number of hydrogen-bond donors (Lipinski definition) is 2. The third kappa shape index (κ3) is 7.61. The summed E-state index contributed by atoms with van der Waals surface area (Å²) in [5.74, 6) is 1.13. The van der Waals surface area contributed by atoms with Gasteiger partial charge in [-0.25, -0.2) is 4.68 Å². The number of ether oxygens (including phenoxy) is 2. The van der Waals surface area contributed by atoms with Crippen LogP contribution in [-0.4, -0.2) is 73.2 Å². The third-order valence-electron chi connectivity index (χ3n) is 9.17. The molecule has 6 rings (SSSR count). The zero-order chi connectivity index (χ0) is 33.1. The predicted molar refractivity (Wildman–Crippen MR) is 179 cm³/mol. The molecule has 11 heteroatoms. The monoisotopic (exact) mass is 656 g/mol. The highest BCUT2D eigenvalue weighted by Crippen LogP contribution is 2.36. The van der Waals surface area contributed by atoms with Gasteiger partial charge in [-0.05, 0) is 62.9 Å². The summed E-state index contributed by atoms with van der Waals surface area (Å²) < 4.78 is 14.6. The Morgan fingerprint density at radius 3 is 2.34 bits per heavy atom. The molecule has 2 fully saturated rings. The maximum atomic E-state index is 10.1. The molecule has 4 aromatic rings. The first kappa shape index (κ1) is 32.9. The van der Waals surface area contributed by atoms with E-state index in [-0.39, 0.29) is 18.8 Å². The molecular formula is C36H41ClN6O4. The van der Waals surface area contributed by atoms with E-state index < -0.39 is 0 Å². The van der Waals surface area contributed by atoms with Crippen molar-refractivity contribution in [3.63, 3.8) is 0 Å². The molecule has 2 saturated heterocycles. The fraction of sp³-hybridized carbons (Fsp3) is 0.417. The lowest BCUT2D eigenvalue weighted by molar-refractivity contribution is 0.174. The highest BCUT2D eigenvalue weighted by Gasteiger charge is 2.25. The van der Waals surface area contributed by atoms with Crippen molar-refractivity contribution in [3.8, 4) is 23.3 Å². The molecule has 2 N–H and O–H groups in total. The second-order valence-electron chi connectivity index (χ2n) is 12.6. The van der Waals surface area contributed by atoms with Crippen LogP contribution in [0.15, 0.2) is 48.8 Å². The number of aliphatic hydroxyl groups is 2. The van der Waals surface area contributed by atoms with Crippen molar-refractivity contribution < 1.29 is 19.7 Å². The Balaban J connectivity index is 1.22. The zero-order valence-electron chi connectivity index (χ0n) is 27.1. The number of likely N-dealkylation sites (tertiary alicyclic amines) is 2.